The van der Waals surface area contributed by atoms with E-state index in [4.69, 9.17) is 15.0 Å². The number of rotatable bonds is 5. The molecule has 1 aromatic heterocycles. The third-order valence-corrected chi connectivity index (χ3v) is 7.42. The van der Waals surface area contributed by atoms with Gasteiger partial charge in [-0.25, -0.2) is 15.0 Å². The zero-order chi connectivity index (χ0) is 28.3. The van der Waals surface area contributed by atoms with Gasteiger partial charge in [0, 0.05) is 22.3 Å². The molecule has 0 amide bonds. The van der Waals surface area contributed by atoms with E-state index in [1.165, 1.54) is 0 Å². The minimum Gasteiger partial charge on any atom is -0.208 e. The first kappa shape index (κ1) is 25.1. The maximum Gasteiger partial charge on any atom is 0.164 e. The average molecular weight is 537 g/mol. The molecule has 7 rings (SSSR count). The molecule has 0 fully saturated rings. The molecule has 0 aliphatic heterocycles. The zero-order valence-corrected chi connectivity index (χ0v) is 22.6. The van der Waals surface area contributed by atoms with Gasteiger partial charge < -0.3 is 0 Å². The molecule has 4 nitrogen and oxygen atoms in total. The molecule has 0 aliphatic rings. The van der Waals surface area contributed by atoms with E-state index in [-0.39, 0.29) is 0 Å². The SMILES string of the molecule is N#Cc1ccccc1-c1ccc(-c2ccc(-c3nc(-c4ccccc4)nc(-c4ccccc4)n3)cc2)c2ccccc12. The maximum absolute atomic E-state index is 9.70. The maximum atomic E-state index is 9.70. The van der Waals surface area contributed by atoms with Crippen LogP contribution in [0.15, 0.2) is 146 Å². The van der Waals surface area contributed by atoms with Crippen molar-refractivity contribution in [2.45, 2.75) is 0 Å². The predicted octanol–water partition coefficient (Wildman–Crippen LogP) is 9.23. The molecular weight excluding hydrogens is 512 g/mol. The van der Waals surface area contributed by atoms with Gasteiger partial charge in [-0.3, -0.25) is 0 Å². The molecule has 1 heterocycles. The summed E-state index contributed by atoms with van der Waals surface area (Å²) in [4.78, 5) is 14.5. The van der Waals surface area contributed by atoms with E-state index in [0.29, 0.717) is 23.0 Å². The Morgan fingerprint density at radius 1 is 0.357 bits per heavy atom. The van der Waals surface area contributed by atoms with Crippen LogP contribution in [0.25, 0.3) is 67.2 Å². The number of nitrogens with zero attached hydrogens (tertiary/aromatic N) is 4. The molecule has 0 N–H and O–H groups in total. The van der Waals surface area contributed by atoms with Gasteiger partial charge in [-0.2, -0.15) is 5.26 Å². The summed E-state index contributed by atoms with van der Waals surface area (Å²) >= 11 is 0. The highest BCUT2D eigenvalue weighted by Crippen LogP contribution is 2.37. The summed E-state index contributed by atoms with van der Waals surface area (Å²) in [6, 6.07) is 51.1. The lowest BCUT2D eigenvalue weighted by molar-refractivity contribution is 1.07. The van der Waals surface area contributed by atoms with Crippen molar-refractivity contribution < 1.29 is 0 Å². The van der Waals surface area contributed by atoms with Crippen LogP contribution < -0.4 is 0 Å². The molecular formula is C38H24N4. The lowest BCUT2D eigenvalue weighted by Crippen LogP contribution is -2.00. The number of aromatic nitrogens is 3. The number of fused-ring (bicyclic) bond motifs is 1. The Balaban J connectivity index is 1.31. The number of nitriles is 1. The second-order valence-electron chi connectivity index (χ2n) is 9.98. The van der Waals surface area contributed by atoms with Gasteiger partial charge in [0.15, 0.2) is 17.5 Å². The van der Waals surface area contributed by atoms with Crippen LogP contribution in [0.2, 0.25) is 0 Å². The van der Waals surface area contributed by atoms with Crippen LogP contribution in [0.3, 0.4) is 0 Å². The van der Waals surface area contributed by atoms with E-state index >= 15 is 0 Å². The van der Waals surface area contributed by atoms with E-state index in [0.717, 1.165) is 49.7 Å². The van der Waals surface area contributed by atoms with Crippen molar-refractivity contribution in [3.05, 3.63) is 151 Å². The van der Waals surface area contributed by atoms with E-state index in [1.54, 1.807) is 0 Å². The van der Waals surface area contributed by atoms with E-state index in [1.807, 2.05) is 91.0 Å². The van der Waals surface area contributed by atoms with E-state index < -0.39 is 0 Å². The summed E-state index contributed by atoms with van der Waals surface area (Å²) < 4.78 is 0. The molecule has 0 bridgehead atoms. The highest BCUT2D eigenvalue weighted by molar-refractivity contribution is 6.05. The van der Waals surface area contributed by atoms with Gasteiger partial charge in [0.1, 0.15) is 0 Å². The van der Waals surface area contributed by atoms with Gasteiger partial charge in [0.25, 0.3) is 0 Å². The lowest BCUT2D eigenvalue weighted by atomic mass is 9.90. The normalized spacial score (nSPS) is 10.8. The van der Waals surface area contributed by atoms with Crippen LogP contribution in [-0.2, 0) is 0 Å². The van der Waals surface area contributed by atoms with Gasteiger partial charge in [-0.15, -0.1) is 0 Å². The first-order valence-electron chi connectivity index (χ1n) is 13.8. The predicted molar refractivity (Wildman–Crippen MR) is 169 cm³/mol. The first-order valence-corrected chi connectivity index (χ1v) is 13.8. The molecule has 0 spiro atoms. The molecule has 0 saturated heterocycles. The van der Waals surface area contributed by atoms with Gasteiger partial charge in [-0.05, 0) is 33.5 Å². The largest absolute Gasteiger partial charge is 0.208 e. The van der Waals surface area contributed by atoms with E-state index in [9.17, 15) is 5.26 Å². The topological polar surface area (TPSA) is 62.5 Å². The number of hydrogen-bond donors (Lipinski definition) is 0. The monoisotopic (exact) mass is 536 g/mol. The second-order valence-corrected chi connectivity index (χ2v) is 9.98. The van der Waals surface area contributed by atoms with Crippen LogP contribution in [-0.4, -0.2) is 15.0 Å². The molecule has 0 saturated carbocycles. The lowest BCUT2D eigenvalue weighted by Gasteiger charge is -2.13. The van der Waals surface area contributed by atoms with Crippen molar-refractivity contribution in [1.29, 1.82) is 5.26 Å². The minimum absolute atomic E-state index is 0.627. The summed E-state index contributed by atoms with van der Waals surface area (Å²) in [5.74, 6) is 1.91. The molecule has 4 heteroatoms. The fourth-order valence-corrected chi connectivity index (χ4v) is 5.34. The summed E-state index contributed by atoms with van der Waals surface area (Å²) in [7, 11) is 0. The standard InChI is InChI=1S/C38H24N4/c39-25-30-15-7-8-16-31(30)35-24-23-32(33-17-9-10-18-34(33)35)26-19-21-29(22-20-26)38-41-36(27-11-3-1-4-12-27)40-37(42-38)28-13-5-2-6-14-28/h1-24H. The second kappa shape index (κ2) is 10.9. The van der Waals surface area contributed by atoms with E-state index in [2.05, 4.69) is 60.7 Å². The molecule has 7 aromatic rings. The van der Waals surface area contributed by atoms with Gasteiger partial charge >= 0.3 is 0 Å². The Hall–Kier alpha value is -5.92. The van der Waals surface area contributed by atoms with Crippen LogP contribution in [0, 0.1) is 11.3 Å². The molecule has 0 atom stereocenters. The summed E-state index contributed by atoms with van der Waals surface area (Å²) in [6.45, 7) is 0. The van der Waals surface area contributed by atoms with Crippen LogP contribution in [0.5, 0.6) is 0 Å². The highest BCUT2D eigenvalue weighted by atomic mass is 15.0. The quantitative estimate of drug-likeness (QED) is 0.220. The molecule has 42 heavy (non-hydrogen) atoms. The minimum atomic E-state index is 0.627. The third kappa shape index (κ3) is 4.70. The Morgan fingerprint density at radius 3 is 1.36 bits per heavy atom. The van der Waals surface area contributed by atoms with Crippen LogP contribution >= 0.6 is 0 Å². The molecule has 0 unspecified atom stereocenters. The Morgan fingerprint density at radius 2 is 0.786 bits per heavy atom. The number of benzene rings is 6. The van der Waals surface area contributed by atoms with Crippen molar-refractivity contribution in [2.24, 2.45) is 0 Å². The zero-order valence-electron chi connectivity index (χ0n) is 22.6. The fraction of sp³-hybridized carbons (Fsp3) is 0. The van der Waals surface area contributed by atoms with Gasteiger partial charge in [0.05, 0.1) is 11.6 Å². The highest BCUT2D eigenvalue weighted by Gasteiger charge is 2.14. The summed E-state index contributed by atoms with van der Waals surface area (Å²) in [5.41, 5.74) is 7.68. The molecule has 196 valence electrons. The average Bonchev–Trinajstić information content (AvgIpc) is 3.08. The van der Waals surface area contributed by atoms with Gasteiger partial charge in [0.2, 0.25) is 0 Å². The van der Waals surface area contributed by atoms with Crippen LogP contribution in [0.4, 0.5) is 0 Å². The Labute approximate surface area is 244 Å². The summed E-state index contributed by atoms with van der Waals surface area (Å²) in [5, 5.41) is 11.9. The molecule has 0 aliphatic carbocycles. The molecule has 6 aromatic carbocycles. The summed E-state index contributed by atoms with van der Waals surface area (Å²) in [6.07, 6.45) is 0. The molecule has 0 radical (unpaired) electrons. The van der Waals surface area contributed by atoms with Crippen molar-refractivity contribution in [1.82, 2.24) is 15.0 Å². The Bertz CT molecular complexity index is 2020. The van der Waals surface area contributed by atoms with Crippen molar-refractivity contribution in [3.63, 3.8) is 0 Å². The Kier molecular flexibility index (Phi) is 6.52. The van der Waals surface area contributed by atoms with Crippen LogP contribution in [0.1, 0.15) is 5.56 Å². The van der Waals surface area contributed by atoms with Crippen molar-refractivity contribution in [2.75, 3.05) is 0 Å². The number of hydrogen-bond acceptors (Lipinski definition) is 4. The smallest absolute Gasteiger partial charge is 0.164 e. The van der Waals surface area contributed by atoms with Crippen molar-refractivity contribution in [3.8, 4) is 62.5 Å². The first-order chi connectivity index (χ1) is 20.8. The van der Waals surface area contributed by atoms with Gasteiger partial charge in [-0.1, -0.05) is 140 Å². The fourth-order valence-electron chi connectivity index (χ4n) is 5.34. The third-order valence-electron chi connectivity index (χ3n) is 7.42. The van der Waals surface area contributed by atoms with Crippen molar-refractivity contribution >= 4 is 10.8 Å².